The van der Waals surface area contributed by atoms with Crippen molar-refractivity contribution in [1.82, 2.24) is 0 Å². The van der Waals surface area contributed by atoms with Gasteiger partial charge < -0.3 is 20.4 Å². The van der Waals surface area contributed by atoms with Crippen LogP contribution in [0.2, 0.25) is 124 Å². The Labute approximate surface area is 311 Å². The molecule has 0 unspecified atom stereocenters. The van der Waals surface area contributed by atoms with Crippen LogP contribution in [0.15, 0.2) is 60.7 Å². The Kier molecular flexibility index (Phi) is 19.6. The summed E-state index contributed by atoms with van der Waals surface area (Å²) in [7, 11) is -6.18. The van der Waals surface area contributed by atoms with E-state index in [9.17, 15) is 0 Å². The first-order valence-electron chi connectivity index (χ1n) is 16.5. The van der Waals surface area contributed by atoms with Crippen molar-refractivity contribution in [3.63, 3.8) is 0 Å². The third-order valence-corrected chi connectivity index (χ3v) is 83.2. The van der Waals surface area contributed by atoms with Crippen molar-refractivity contribution >= 4 is 85.6 Å². The summed E-state index contributed by atoms with van der Waals surface area (Å²) in [6.45, 7) is 46.6. The normalized spacial score (nSPS) is 13.6. The van der Waals surface area contributed by atoms with Gasteiger partial charge in [0.15, 0.2) is 12.6 Å². The molecule has 46 heavy (non-hydrogen) atoms. The summed E-state index contributed by atoms with van der Waals surface area (Å²) in [5, 5.41) is 34.3. The zero-order valence-corrected chi connectivity index (χ0v) is 43.7. The van der Waals surface area contributed by atoms with Gasteiger partial charge in [0.1, 0.15) is 0 Å². The maximum atomic E-state index is 8.58. The molecule has 0 heterocycles. The topological polar surface area (TPSA) is 80.9 Å². The molecule has 0 amide bonds. The van der Waals surface area contributed by atoms with Gasteiger partial charge >= 0.3 is 209 Å². The van der Waals surface area contributed by atoms with Crippen molar-refractivity contribution in [3.8, 4) is 0 Å². The summed E-state index contributed by atoms with van der Waals surface area (Å²) in [5.41, 5.74) is 1.05. The van der Waals surface area contributed by atoms with Crippen molar-refractivity contribution in [2.24, 2.45) is 0 Å². The molecule has 12 heteroatoms. The molecule has 4 nitrogen and oxygen atoms in total. The minimum absolute atomic E-state index is 0.525. The summed E-state index contributed by atoms with van der Waals surface area (Å²) >= 11 is 4.17. The zero-order valence-electron chi connectivity index (χ0n) is 32.9. The molecule has 0 aromatic heterocycles. The molecule has 0 saturated heterocycles. The van der Waals surface area contributed by atoms with Gasteiger partial charge in [0, 0.05) is 11.1 Å². The van der Waals surface area contributed by atoms with E-state index in [1.165, 1.54) is 0 Å². The second-order valence-corrected chi connectivity index (χ2v) is 64.3. The largest absolute Gasteiger partial charge is 0.364 e. The fourth-order valence-corrected chi connectivity index (χ4v) is 62.0. The number of aliphatic hydroxyl groups excluding tert-OH is 2. The van der Waals surface area contributed by atoms with Crippen molar-refractivity contribution in [1.29, 1.82) is 0 Å². The molecule has 0 aliphatic rings. The molecular formula is C34H70Ga2O4Si6. The molecule has 0 atom stereocenters. The van der Waals surface area contributed by atoms with E-state index in [0.717, 1.165) is 5.68 Å². The smallest absolute Gasteiger partial charge is 0.178 e. The van der Waals surface area contributed by atoms with Gasteiger partial charge in [-0.2, -0.15) is 0 Å². The zero-order chi connectivity index (χ0) is 37.4. The predicted octanol–water partition coefficient (Wildman–Crippen LogP) is 9.23. The van der Waals surface area contributed by atoms with Crippen LogP contribution >= 0.6 is 0 Å². The maximum Gasteiger partial charge on any atom is 0.178 e. The molecule has 2 aromatic rings. The van der Waals surface area contributed by atoms with E-state index in [0.29, 0.717) is 11.1 Å². The molecule has 0 fully saturated rings. The van der Waals surface area contributed by atoms with Crippen LogP contribution in [0.1, 0.15) is 23.7 Å². The quantitative estimate of drug-likeness (QED) is 0.158. The monoisotopic (exact) mass is 848 g/mol. The number of aliphatic hydroxyl groups is 4. The van der Waals surface area contributed by atoms with Crippen LogP contribution in [0.5, 0.6) is 0 Å². The maximum absolute atomic E-state index is 8.58. The predicted molar refractivity (Wildman–Crippen MR) is 224 cm³/mol. The van der Waals surface area contributed by atoms with Crippen molar-refractivity contribution < 1.29 is 20.4 Å². The fraction of sp³-hybridized carbons (Fsp3) is 0.647. The Morgan fingerprint density at radius 1 is 0.370 bits per heavy atom. The Morgan fingerprint density at radius 3 is 0.587 bits per heavy atom. The van der Waals surface area contributed by atoms with E-state index in [-0.39, 0.29) is 0 Å². The standard InChI is InChI=1S/2C10H27Si3.2C7H8O2.2Ga/c2*1-11(2,3)10(12(4,5)6)13(7,8)9;2*8-7(9)6-4-2-1-3-5-6;;/h2*1-9H3;2*1-5,7-9H;;. The Bertz CT molecular complexity index is 962. The third kappa shape index (κ3) is 13.9. The molecule has 2 rings (SSSR count). The van der Waals surface area contributed by atoms with Crippen LogP contribution in [-0.4, -0.2) is 106 Å². The molecule has 0 aliphatic carbocycles. The Balaban J connectivity index is 0. The summed E-state index contributed by atoms with van der Waals surface area (Å²) in [6, 6.07) is 17.3. The molecule has 4 radical (unpaired) electrons. The number of rotatable bonds is 8. The minimum Gasteiger partial charge on any atom is -0.364 e. The molecule has 4 N–H and O–H groups in total. The van der Waals surface area contributed by atoms with Gasteiger partial charge in [0.25, 0.3) is 0 Å². The van der Waals surface area contributed by atoms with E-state index >= 15 is 0 Å². The molecule has 0 bridgehead atoms. The first kappa shape index (κ1) is 49.0. The van der Waals surface area contributed by atoms with Gasteiger partial charge in [-0.1, -0.05) is 60.7 Å². The van der Waals surface area contributed by atoms with Crippen molar-refractivity contribution in [2.75, 3.05) is 0 Å². The van der Waals surface area contributed by atoms with Crippen LogP contribution < -0.4 is 0 Å². The van der Waals surface area contributed by atoms with E-state index in [1.807, 2.05) is 12.1 Å². The van der Waals surface area contributed by atoms with Gasteiger partial charge in [-0.3, -0.25) is 0 Å². The van der Waals surface area contributed by atoms with E-state index in [2.05, 4.69) is 155 Å². The summed E-state index contributed by atoms with van der Waals surface area (Å²) < 4.78 is 1.58. The Morgan fingerprint density at radius 2 is 0.522 bits per heavy atom. The summed E-state index contributed by atoms with van der Waals surface area (Å²) in [6.07, 6.45) is -2.68. The SMILES string of the molecule is C[Si](C)(C)[C]([Ga])([Si](C)(C)C)[Si](C)(C)C.C[Si](C)(C)[C]([Ga])([Si](C)(C)C)[Si](C)(C)C.OC(O)c1ccccc1.OC(O)c1ccccc1. The van der Waals surface area contributed by atoms with Gasteiger partial charge in [-0.05, 0) is 0 Å². The number of hydrogen-bond acceptors (Lipinski definition) is 4. The molecule has 0 spiro atoms. The number of benzene rings is 2. The van der Waals surface area contributed by atoms with Crippen LogP contribution in [0.4, 0.5) is 0 Å². The molecule has 2 aromatic carbocycles. The van der Waals surface area contributed by atoms with E-state index in [4.69, 9.17) is 20.4 Å². The van der Waals surface area contributed by atoms with Crippen molar-refractivity contribution in [3.05, 3.63) is 71.8 Å². The second kappa shape index (κ2) is 18.4. The first-order chi connectivity index (χ1) is 20.1. The van der Waals surface area contributed by atoms with Crippen LogP contribution in [0.25, 0.3) is 0 Å². The average Bonchev–Trinajstić information content (AvgIpc) is 2.86. The second-order valence-electron chi connectivity index (χ2n) is 18.7. The van der Waals surface area contributed by atoms with Gasteiger partial charge in [-0.15, -0.1) is 0 Å². The third-order valence-electron chi connectivity index (χ3n) is 9.29. The molecule has 260 valence electrons. The molecular weight excluding hydrogens is 780 g/mol. The minimum atomic E-state index is -1.34. The summed E-state index contributed by atoms with van der Waals surface area (Å²) in [4.78, 5) is 0. The molecule has 0 aliphatic heterocycles. The van der Waals surface area contributed by atoms with Gasteiger partial charge in [-0.25, -0.2) is 0 Å². The fourth-order valence-electron chi connectivity index (χ4n) is 8.00. The number of hydrogen-bond donors (Lipinski definition) is 4. The van der Waals surface area contributed by atoms with Crippen LogP contribution in [0, 0.1) is 0 Å². The first-order valence-corrected chi connectivity index (χ1v) is 39.9. The van der Waals surface area contributed by atoms with E-state index in [1.54, 1.807) is 48.5 Å². The summed E-state index contributed by atoms with van der Waals surface area (Å²) in [5.74, 6) is 0. The van der Waals surface area contributed by atoms with Crippen LogP contribution in [0.3, 0.4) is 0 Å². The van der Waals surface area contributed by atoms with Crippen LogP contribution in [-0.2, 0) is 0 Å². The Hall–Kier alpha value is 0.854. The van der Waals surface area contributed by atoms with Gasteiger partial charge in [0.2, 0.25) is 0 Å². The van der Waals surface area contributed by atoms with E-state index < -0.39 is 61.0 Å². The van der Waals surface area contributed by atoms with Crippen molar-refractivity contribution in [2.45, 2.75) is 136 Å². The average molecular weight is 851 g/mol. The van der Waals surface area contributed by atoms with Gasteiger partial charge in [0.05, 0.1) is 0 Å². The molecule has 0 saturated carbocycles.